The molecule has 0 heterocycles. The predicted octanol–water partition coefficient (Wildman–Crippen LogP) is 3.50. The van der Waals surface area contributed by atoms with Gasteiger partial charge in [-0.2, -0.15) is 0 Å². The lowest BCUT2D eigenvalue weighted by molar-refractivity contribution is 0.0597. The Labute approximate surface area is 110 Å². The summed E-state index contributed by atoms with van der Waals surface area (Å²) in [5.41, 5.74) is 1.79. The number of carbonyl (C=O) groups excluding carboxylic acids is 1. The first-order valence-electron chi connectivity index (χ1n) is 5.29. The molecule has 2 aromatic rings. The Kier molecular flexibility index (Phi) is 3.53. The van der Waals surface area contributed by atoms with Crippen molar-refractivity contribution in [2.45, 2.75) is 0 Å². The number of rotatable bonds is 2. The van der Waals surface area contributed by atoms with Crippen LogP contribution in [0.15, 0.2) is 42.5 Å². The van der Waals surface area contributed by atoms with E-state index in [1.54, 1.807) is 18.2 Å². The fraction of sp³-hybridized carbons (Fsp3) is 0.0714. The van der Waals surface area contributed by atoms with Crippen LogP contribution in [0.1, 0.15) is 10.4 Å². The predicted molar refractivity (Wildman–Crippen MR) is 69.9 cm³/mol. The van der Waals surface area contributed by atoms with Crippen LogP contribution in [0.25, 0.3) is 11.1 Å². The van der Waals surface area contributed by atoms with Crippen molar-refractivity contribution in [3.63, 3.8) is 0 Å². The van der Waals surface area contributed by atoms with Gasteiger partial charge < -0.3 is 9.84 Å². The molecule has 0 radical (unpaired) electrons. The minimum Gasteiger partial charge on any atom is -0.507 e. The number of methoxy groups -OCH3 is 1. The number of aromatic hydroxyl groups is 1. The highest BCUT2D eigenvalue weighted by Crippen LogP contribution is 2.28. The summed E-state index contributed by atoms with van der Waals surface area (Å²) in [7, 11) is 1.27. The second-order valence-corrected chi connectivity index (χ2v) is 4.17. The normalized spacial score (nSPS) is 10.1. The van der Waals surface area contributed by atoms with Gasteiger partial charge in [0.15, 0.2) is 0 Å². The Morgan fingerprint density at radius 2 is 1.89 bits per heavy atom. The van der Waals surface area contributed by atoms with Gasteiger partial charge in [0, 0.05) is 5.02 Å². The van der Waals surface area contributed by atoms with Gasteiger partial charge in [-0.25, -0.2) is 4.79 Å². The first-order chi connectivity index (χ1) is 8.61. The summed E-state index contributed by atoms with van der Waals surface area (Å²) >= 11 is 5.90. The summed E-state index contributed by atoms with van der Waals surface area (Å²) in [6.45, 7) is 0. The maximum Gasteiger partial charge on any atom is 0.341 e. The third-order valence-electron chi connectivity index (χ3n) is 2.56. The number of esters is 1. The second-order valence-electron chi connectivity index (χ2n) is 3.73. The number of phenols is 1. The van der Waals surface area contributed by atoms with Crippen LogP contribution in [0.4, 0.5) is 0 Å². The van der Waals surface area contributed by atoms with E-state index in [0.29, 0.717) is 5.02 Å². The van der Waals surface area contributed by atoms with E-state index in [9.17, 15) is 9.90 Å². The minimum atomic E-state index is -0.565. The highest BCUT2D eigenvalue weighted by Gasteiger charge is 2.12. The van der Waals surface area contributed by atoms with E-state index >= 15 is 0 Å². The van der Waals surface area contributed by atoms with Gasteiger partial charge in [-0.3, -0.25) is 0 Å². The van der Waals surface area contributed by atoms with Crippen molar-refractivity contribution in [3.05, 3.63) is 53.1 Å². The number of benzene rings is 2. The summed E-state index contributed by atoms with van der Waals surface area (Å²) in [5, 5.41) is 10.4. The Morgan fingerprint density at radius 1 is 1.17 bits per heavy atom. The largest absolute Gasteiger partial charge is 0.507 e. The second kappa shape index (κ2) is 5.10. The molecule has 1 N–H and O–H groups in total. The van der Waals surface area contributed by atoms with Gasteiger partial charge in [-0.1, -0.05) is 29.8 Å². The molecule has 2 rings (SSSR count). The highest BCUT2D eigenvalue weighted by atomic mass is 35.5. The van der Waals surface area contributed by atoms with E-state index in [4.69, 9.17) is 11.6 Å². The zero-order valence-electron chi connectivity index (χ0n) is 9.68. The number of carbonyl (C=O) groups is 1. The van der Waals surface area contributed by atoms with E-state index in [-0.39, 0.29) is 11.3 Å². The molecule has 18 heavy (non-hydrogen) atoms. The number of hydrogen-bond donors (Lipinski definition) is 1. The lowest BCUT2D eigenvalue weighted by Crippen LogP contribution is -2.01. The van der Waals surface area contributed by atoms with E-state index in [1.807, 2.05) is 12.1 Å². The zero-order valence-corrected chi connectivity index (χ0v) is 10.4. The van der Waals surface area contributed by atoms with Crippen LogP contribution < -0.4 is 0 Å². The minimum absolute atomic E-state index is 0.112. The molecule has 0 fully saturated rings. The Balaban J connectivity index is 2.43. The molecule has 0 aliphatic rings. The van der Waals surface area contributed by atoms with Gasteiger partial charge in [0.25, 0.3) is 0 Å². The first-order valence-corrected chi connectivity index (χ1v) is 5.67. The molecule has 0 aliphatic heterocycles. The van der Waals surface area contributed by atoms with Gasteiger partial charge in [0.1, 0.15) is 11.3 Å². The van der Waals surface area contributed by atoms with Crippen molar-refractivity contribution in [2.75, 3.05) is 7.11 Å². The molecule has 0 amide bonds. The van der Waals surface area contributed by atoms with E-state index < -0.39 is 5.97 Å². The summed E-state index contributed by atoms with van der Waals surface area (Å²) in [6.07, 6.45) is 0. The van der Waals surface area contributed by atoms with Crippen LogP contribution >= 0.6 is 11.6 Å². The summed E-state index contributed by atoms with van der Waals surface area (Å²) < 4.78 is 4.56. The van der Waals surface area contributed by atoms with Gasteiger partial charge in [0.05, 0.1) is 7.11 Å². The van der Waals surface area contributed by atoms with Crippen molar-refractivity contribution in [3.8, 4) is 16.9 Å². The van der Waals surface area contributed by atoms with Crippen molar-refractivity contribution >= 4 is 17.6 Å². The number of hydrogen-bond acceptors (Lipinski definition) is 3. The van der Waals surface area contributed by atoms with Crippen LogP contribution in [0.2, 0.25) is 5.02 Å². The SMILES string of the molecule is COC(=O)c1ccc(-c2cccc(Cl)c2)cc1O. The first kappa shape index (κ1) is 12.5. The Hall–Kier alpha value is -2.00. The van der Waals surface area contributed by atoms with Crippen LogP contribution in [0.3, 0.4) is 0 Å². The maximum absolute atomic E-state index is 11.3. The number of halogens is 1. The van der Waals surface area contributed by atoms with Gasteiger partial charge in [-0.15, -0.1) is 0 Å². The fourth-order valence-corrected chi connectivity index (χ4v) is 1.85. The molecule has 0 spiro atoms. The molecule has 0 saturated heterocycles. The molecule has 92 valence electrons. The number of phenolic OH excluding ortho intramolecular Hbond substituents is 1. The smallest absolute Gasteiger partial charge is 0.341 e. The molecular formula is C14H11ClO3. The molecule has 4 heteroatoms. The van der Waals surface area contributed by atoms with E-state index in [2.05, 4.69) is 4.74 Å². The van der Waals surface area contributed by atoms with Crippen molar-refractivity contribution in [1.29, 1.82) is 0 Å². The van der Waals surface area contributed by atoms with Crippen molar-refractivity contribution < 1.29 is 14.6 Å². The lowest BCUT2D eigenvalue weighted by Gasteiger charge is -2.06. The zero-order chi connectivity index (χ0) is 13.1. The van der Waals surface area contributed by atoms with E-state index in [1.165, 1.54) is 19.2 Å². The molecule has 2 aromatic carbocycles. The molecule has 0 unspecified atom stereocenters. The van der Waals surface area contributed by atoms with Crippen molar-refractivity contribution in [1.82, 2.24) is 0 Å². The molecule has 0 bridgehead atoms. The average Bonchev–Trinajstić information content (AvgIpc) is 2.37. The quantitative estimate of drug-likeness (QED) is 0.843. The van der Waals surface area contributed by atoms with Crippen LogP contribution in [-0.4, -0.2) is 18.2 Å². The molecule has 0 aromatic heterocycles. The fourth-order valence-electron chi connectivity index (χ4n) is 1.66. The monoisotopic (exact) mass is 262 g/mol. The van der Waals surface area contributed by atoms with Crippen LogP contribution in [-0.2, 0) is 4.74 Å². The third kappa shape index (κ3) is 2.46. The molecule has 0 aliphatic carbocycles. The summed E-state index contributed by atoms with van der Waals surface area (Å²) in [5.74, 6) is -0.676. The molecular weight excluding hydrogens is 252 g/mol. The maximum atomic E-state index is 11.3. The third-order valence-corrected chi connectivity index (χ3v) is 2.80. The van der Waals surface area contributed by atoms with Gasteiger partial charge in [-0.05, 0) is 35.4 Å². The number of ether oxygens (including phenoxy) is 1. The van der Waals surface area contributed by atoms with E-state index in [0.717, 1.165) is 11.1 Å². The van der Waals surface area contributed by atoms with Gasteiger partial charge in [0.2, 0.25) is 0 Å². The Morgan fingerprint density at radius 3 is 2.50 bits per heavy atom. The summed E-state index contributed by atoms with van der Waals surface area (Å²) in [6, 6.07) is 12.0. The summed E-state index contributed by atoms with van der Waals surface area (Å²) in [4.78, 5) is 11.3. The lowest BCUT2D eigenvalue weighted by atomic mass is 10.0. The standard InChI is InChI=1S/C14H11ClO3/c1-18-14(17)12-6-5-10(8-13(12)16)9-3-2-4-11(15)7-9/h2-8,16H,1H3. The van der Waals surface area contributed by atoms with Crippen LogP contribution in [0.5, 0.6) is 5.75 Å². The van der Waals surface area contributed by atoms with Gasteiger partial charge >= 0.3 is 5.97 Å². The Bertz CT molecular complexity index is 593. The highest BCUT2D eigenvalue weighted by molar-refractivity contribution is 6.30. The topological polar surface area (TPSA) is 46.5 Å². The molecule has 0 atom stereocenters. The van der Waals surface area contributed by atoms with Crippen LogP contribution in [0, 0.1) is 0 Å². The average molecular weight is 263 g/mol. The molecule has 0 saturated carbocycles. The molecule has 3 nitrogen and oxygen atoms in total. The van der Waals surface area contributed by atoms with Crippen molar-refractivity contribution in [2.24, 2.45) is 0 Å².